The molecule has 4 heterocycles. The van der Waals surface area contributed by atoms with Crippen molar-refractivity contribution in [2.45, 2.75) is 62.9 Å². The van der Waals surface area contributed by atoms with E-state index in [0.717, 1.165) is 0 Å². The van der Waals surface area contributed by atoms with Crippen LogP contribution in [-0.4, -0.2) is 95.1 Å². The normalized spacial score (nSPS) is 52.8. The van der Waals surface area contributed by atoms with E-state index in [9.17, 15) is 39.6 Å². The van der Waals surface area contributed by atoms with Crippen LogP contribution in [0.25, 0.3) is 0 Å². The summed E-state index contributed by atoms with van der Waals surface area (Å²) in [7, 11) is 0. The van der Waals surface area contributed by atoms with Gasteiger partial charge >= 0.3 is 23.9 Å². The summed E-state index contributed by atoms with van der Waals surface area (Å²) in [5.41, 5.74) is -7.53. The second-order valence-electron chi connectivity index (χ2n) is 12.7. The average Bonchev–Trinajstić information content (AvgIpc) is 3.66. The fourth-order valence-electron chi connectivity index (χ4n) is 9.81. The van der Waals surface area contributed by atoms with Crippen molar-refractivity contribution in [1.82, 2.24) is 0 Å². The number of carboxylic acids is 4. The maximum atomic E-state index is 13.5. The molecule has 4 bridgehead atoms. The van der Waals surface area contributed by atoms with Crippen LogP contribution in [-0.2, 0) is 38.1 Å². The summed E-state index contributed by atoms with van der Waals surface area (Å²) in [6.07, 6.45) is -1.47. The van der Waals surface area contributed by atoms with E-state index in [1.165, 1.54) is 0 Å². The summed E-state index contributed by atoms with van der Waals surface area (Å²) in [6, 6.07) is 0. The number of carboxylic acid groups (broad SMARTS) is 4. The molecule has 4 saturated carbocycles. The molecule has 8 fully saturated rings. The molecule has 8 aliphatic rings. The predicted octanol–water partition coefficient (Wildman–Crippen LogP) is 0.712. The Morgan fingerprint density at radius 2 is 0.658 bits per heavy atom. The van der Waals surface area contributed by atoms with Crippen molar-refractivity contribution in [1.29, 1.82) is 0 Å². The highest BCUT2D eigenvalue weighted by atomic mass is 16.6. The van der Waals surface area contributed by atoms with Gasteiger partial charge in [0.15, 0.2) is 0 Å². The van der Waals surface area contributed by atoms with Gasteiger partial charge < -0.3 is 39.4 Å². The molecular formula is C26H32O12. The number of aliphatic carboxylic acids is 4. The molecule has 4 unspecified atom stereocenters. The zero-order chi connectivity index (χ0) is 26.8. The summed E-state index contributed by atoms with van der Waals surface area (Å²) >= 11 is 0. The smallest absolute Gasteiger partial charge is 0.310 e. The monoisotopic (exact) mass is 536 g/mol. The molecule has 208 valence electrons. The Kier molecular flexibility index (Phi) is 5.00. The topological polar surface area (TPSA) is 199 Å². The van der Waals surface area contributed by atoms with E-state index in [2.05, 4.69) is 0 Å². The van der Waals surface area contributed by atoms with Gasteiger partial charge in [-0.2, -0.15) is 0 Å². The lowest BCUT2D eigenvalue weighted by Gasteiger charge is -2.77. The molecule has 38 heavy (non-hydrogen) atoms. The number of hydrogen-bond donors (Lipinski definition) is 4. The predicted molar refractivity (Wildman–Crippen MR) is 121 cm³/mol. The molecule has 0 aromatic rings. The Balaban J connectivity index is 1.53. The maximum absolute atomic E-state index is 13.5. The van der Waals surface area contributed by atoms with Gasteiger partial charge in [0.25, 0.3) is 0 Å². The largest absolute Gasteiger partial charge is 0.481 e. The molecule has 4 aliphatic heterocycles. The molecule has 0 spiro atoms. The molecule has 0 amide bonds. The van der Waals surface area contributed by atoms with Crippen molar-refractivity contribution < 1.29 is 58.6 Å². The van der Waals surface area contributed by atoms with Crippen LogP contribution in [0.3, 0.4) is 0 Å². The van der Waals surface area contributed by atoms with Gasteiger partial charge in [0.2, 0.25) is 0 Å². The quantitative estimate of drug-likeness (QED) is 0.255. The van der Waals surface area contributed by atoms with Crippen LogP contribution in [0.15, 0.2) is 0 Å². The highest BCUT2D eigenvalue weighted by Crippen LogP contribution is 2.84. The Morgan fingerprint density at radius 1 is 0.474 bits per heavy atom. The van der Waals surface area contributed by atoms with Gasteiger partial charge in [0.1, 0.15) is 0 Å². The second-order valence-corrected chi connectivity index (χ2v) is 12.7. The van der Waals surface area contributed by atoms with Crippen molar-refractivity contribution >= 4 is 23.9 Å². The fourth-order valence-corrected chi connectivity index (χ4v) is 9.81. The van der Waals surface area contributed by atoms with E-state index in [0.29, 0.717) is 26.4 Å². The first-order valence-corrected chi connectivity index (χ1v) is 13.4. The van der Waals surface area contributed by atoms with Crippen LogP contribution in [0.5, 0.6) is 0 Å². The number of hydrogen-bond acceptors (Lipinski definition) is 8. The van der Waals surface area contributed by atoms with E-state index in [4.69, 9.17) is 18.9 Å². The van der Waals surface area contributed by atoms with Gasteiger partial charge in [0, 0.05) is 0 Å². The minimum absolute atomic E-state index is 0.129. The number of rotatable bonds is 12. The molecule has 12 heteroatoms. The second kappa shape index (κ2) is 7.67. The van der Waals surface area contributed by atoms with E-state index in [1.54, 1.807) is 0 Å². The Hall–Kier alpha value is -2.28. The molecule has 4 N–H and O–H groups in total. The average molecular weight is 537 g/mol. The van der Waals surface area contributed by atoms with Crippen molar-refractivity contribution in [2.75, 3.05) is 26.4 Å². The molecule has 0 aromatic carbocycles. The molecule has 0 aromatic heterocycles. The van der Waals surface area contributed by atoms with Gasteiger partial charge in [-0.15, -0.1) is 0 Å². The Morgan fingerprint density at radius 3 is 0.789 bits per heavy atom. The molecule has 8 rings (SSSR count). The van der Waals surface area contributed by atoms with E-state index in [-0.39, 0.29) is 62.9 Å². The van der Waals surface area contributed by atoms with Crippen LogP contribution < -0.4 is 0 Å². The lowest BCUT2D eigenvalue weighted by molar-refractivity contribution is -0.323. The standard InChI is InChI=1S/C26H32O12/c27-19(28)23-9-26(22(33)34)17(3-13-7-37-13)24(20(29)30,15(23)1-11-5-35-11)10-25(21(31)32,16(23)2-12-6-36-12)18(26)4-14-8-38-14/h11-18H,1-10H2,(H,27,28)(H,29,30)(H,31,32)(H,33,34). The molecule has 0 radical (unpaired) electrons. The van der Waals surface area contributed by atoms with E-state index < -0.39 is 69.2 Å². The van der Waals surface area contributed by atoms with Gasteiger partial charge in [0.05, 0.1) is 72.5 Å². The van der Waals surface area contributed by atoms with E-state index >= 15 is 0 Å². The lowest BCUT2D eigenvalue weighted by Crippen LogP contribution is -2.83. The molecule has 12 nitrogen and oxygen atoms in total. The number of ether oxygens (including phenoxy) is 4. The van der Waals surface area contributed by atoms with Gasteiger partial charge in [-0.25, -0.2) is 0 Å². The molecule has 4 atom stereocenters. The zero-order valence-electron chi connectivity index (χ0n) is 20.7. The SMILES string of the molecule is O=C(O)C12CC3(C(=O)O)C(CC4CO4)C(C(=O)O)(CC(C(=O)O)(C1CC1CO1)C3CC1CO1)C2CC1CO1. The van der Waals surface area contributed by atoms with Crippen molar-refractivity contribution in [3.63, 3.8) is 0 Å². The molecule has 4 saturated heterocycles. The van der Waals surface area contributed by atoms with Crippen LogP contribution in [0.4, 0.5) is 0 Å². The fraction of sp³-hybridized carbons (Fsp3) is 0.846. The van der Waals surface area contributed by atoms with Crippen molar-refractivity contribution in [3.8, 4) is 0 Å². The Labute approximate surface area is 217 Å². The van der Waals surface area contributed by atoms with Gasteiger partial charge in [-0.05, 0) is 62.2 Å². The maximum Gasteiger partial charge on any atom is 0.310 e. The summed E-state index contributed by atoms with van der Waals surface area (Å²) in [5.74, 6) is -9.28. The third kappa shape index (κ3) is 3.00. The van der Waals surface area contributed by atoms with Crippen molar-refractivity contribution in [2.24, 2.45) is 45.3 Å². The van der Waals surface area contributed by atoms with Crippen LogP contribution in [0, 0.1) is 45.3 Å². The highest BCUT2D eigenvalue weighted by molar-refractivity contribution is 5.92. The summed E-state index contributed by atoms with van der Waals surface area (Å²) in [6.45, 7) is 1.46. The number of carbonyl (C=O) groups is 4. The molecule has 4 aliphatic carbocycles. The summed E-state index contributed by atoms with van der Waals surface area (Å²) in [4.78, 5) is 54.2. The van der Waals surface area contributed by atoms with E-state index in [1.807, 2.05) is 0 Å². The van der Waals surface area contributed by atoms with Crippen molar-refractivity contribution in [3.05, 3.63) is 0 Å². The molecular weight excluding hydrogens is 504 g/mol. The third-order valence-corrected chi connectivity index (χ3v) is 11.3. The summed E-state index contributed by atoms with van der Waals surface area (Å²) < 4.78 is 21.9. The third-order valence-electron chi connectivity index (χ3n) is 11.3. The minimum Gasteiger partial charge on any atom is -0.481 e. The van der Waals surface area contributed by atoms with Gasteiger partial charge in [-0.1, -0.05) is 0 Å². The van der Waals surface area contributed by atoms with Crippen LogP contribution in [0.1, 0.15) is 38.5 Å². The van der Waals surface area contributed by atoms with Crippen LogP contribution >= 0.6 is 0 Å². The lowest BCUT2D eigenvalue weighted by atomic mass is 9.22. The Bertz CT molecular complexity index is 914. The first kappa shape index (κ1) is 24.7. The highest BCUT2D eigenvalue weighted by Gasteiger charge is 2.89. The van der Waals surface area contributed by atoms with Crippen LogP contribution in [0.2, 0.25) is 0 Å². The first-order chi connectivity index (χ1) is 18.0. The summed E-state index contributed by atoms with van der Waals surface area (Å²) in [5, 5.41) is 44.1. The zero-order valence-corrected chi connectivity index (χ0v) is 20.7. The first-order valence-electron chi connectivity index (χ1n) is 13.4. The minimum atomic E-state index is -1.88. The van der Waals surface area contributed by atoms with Gasteiger partial charge in [-0.3, -0.25) is 19.2 Å². The number of epoxide rings is 4.